The van der Waals surface area contributed by atoms with Crippen LogP contribution >= 0.6 is 0 Å². The van der Waals surface area contributed by atoms with Gasteiger partial charge in [0.05, 0.1) is 18.2 Å². The van der Waals surface area contributed by atoms with Crippen LogP contribution in [0.1, 0.15) is 36.3 Å². The van der Waals surface area contributed by atoms with Crippen molar-refractivity contribution >= 4 is 17.5 Å². The van der Waals surface area contributed by atoms with Gasteiger partial charge in [-0.3, -0.25) is 9.59 Å². The predicted molar refractivity (Wildman–Crippen MR) is 85.1 cm³/mol. The number of rotatable bonds is 7. The van der Waals surface area contributed by atoms with Gasteiger partial charge in [0, 0.05) is 12.7 Å². The Labute approximate surface area is 139 Å². The first-order chi connectivity index (χ1) is 11.4. The molecule has 0 saturated carbocycles. The van der Waals surface area contributed by atoms with Crippen molar-refractivity contribution in [3.8, 4) is 0 Å². The molecule has 0 aliphatic rings. The molecule has 6 heteroatoms. The van der Waals surface area contributed by atoms with E-state index >= 15 is 0 Å². The Bertz CT molecular complexity index is 747. The Morgan fingerprint density at radius 3 is 2.42 bits per heavy atom. The van der Waals surface area contributed by atoms with Gasteiger partial charge >= 0.3 is 5.97 Å². The number of esters is 1. The van der Waals surface area contributed by atoms with Crippen LogP contribution in [0.15, 0.2) is 42.6 Å². The summed E-state index contributed by atoms with van der Waals surface area (Å²) in [5.41, 5.74) is 1.12. The number of benzene rings is 1. The summed E-state index contributed by atoms with van der Waals surface area (Å²) in [5.74, 6) is -2.68. The molecule has 0 aliphatic heterocycles. The molecule has 2 aromatic rings. The zero-order valence-corrected chi connectivity index (χ0v) is 13.5. The van der Waals surface area contributed by atoms with Crippen molar-refractivity contribution in [3.63, 3.8) is 0 Å². The first-order valence-corrected chi connectivity index (χ1v) is 7.53. The highest BCUT2D eigenvalue weighted by molar-refractivity contribution is 6.38. The van der Waals surface area contributed by atoms with Gasteiger partial charge in [0.15, 0.2) is 5.78 Å². The number of ketones is 2. The van der Waals surface area contributed by atoms with E-state index in [4.69, 9.17) is 4.74 Å². The first kappa shape index (κ1) is 17.6. The summed E-state index contributed by atoms with van der Waals surface area (Å²) in [4.78, 5) is 35.5. The van der Waals surface area contributed by atoms with Crippen LogP contribution in [0.3, 0.4) is 0 Å². The Kier molecular flexibility index (Phi) is 5.63. The van der Waals surface area contributed by atoms with Gasteiger partial charge in [-0.05, 0) is 43.7 Å². The van der Waals surface area contributed by atoms with E-state index in [1.807, 2.05) is 0 Å². The van der Waals surface area contributed by atoms with Crippen LogP contribution in [-0.2, 0) is 20.9 Å². The third-order valence-electron chi connectivity index (χ3n) is 3.27. The highest BCUT2D eigenvalue weighted by Gasteiger charge is 2.22. The molecule has 0 saturated heterocycles. The molecule has 1 aromatic carbocycles. The van der Waals surface area contributed by atoms with Crippen molar-refractivity contribution in [1.82, 2.24) is 4.57 Å². The fourth-order valence-corrected chi connectivity index (χ4v) is 2.18. The van der Waals surface area contributed by atoms with Gasteiger partial charge in [-0.15, -0.1) is 0 Å². The Morgan fingerprint density at radius 1 is 1.12 bits per heavy atom. The van der Waals surface area contributed by atoms with Gasteiger partial charge in [0.2, 0.25) is 5.78 Å². The van der Waals surface area contributed by atoms with Crippen LogP contribution in [0.4, 0.5) is 4.39 Å². The zero-order valence-electron chi connectivity index (χ0n) is 13.5. The lowest BCUT2D eigenvalue weighted by molar-refractivity contribution is -0.156. The summed E-state index contributed by atoms with van der Waals surface area (Å²) >= 11 is 0. The molecular formula is C18H18FNO4. The topological polar surface area (TPSA) is 65.4 Å². The highest BCUT2D eigenvalue weighted by atomic mass is 19.1. The van der Waals surface area contributed by atoms with E-state index in [9.17, 15) is 18.8 Å². The number of nitrogens with zero attached hydrogens (tertiary/aromatic N) is 1. The molecule has 0 radical (unpaired) electrons. The summed E-state index contributed by atoms with van der Waals surface area (Å²) < 4.78 is 19.4. The molecule has 0 atom stereocenters. The van der Waals surface area contributed by atoms with Gasteiger partial charge in [-0.25, -0.2) is 9.18 Å². The molecule has 0 amide bonds. The van der Waals surface area contributed by atoms with Crippen molar-refractivity contribution < 1.29 is 23.5 Å². The number of aromatic nitrogens is 1. The SMILES string of the molecule is CC(C)OC(=O)C(=O)CC(=O)c1cccn1Cc1ccc(F)cc1. The lowest BCUT2D eigenvalue weighted by Gasteiger charge is -2.09. The van der Waals surface area contributed by atoms with Gasteiger partial charge in [-0.1, -0.05) is 12.1 Å². The molecule has 0 N–H and O–H groups in total. The molecule has 0 unspecified atom stereocenters. The lowest BCUT2D eigenvalue weighted by Crippen LogP contribution is -2.24. The lowest BCUT2D eigenvalue weighted by atomic mass is 10.1. The van der Waals surface area contributed by atoms with Gasteiger partial charge in [0.1, 0.15) is 5.82 Å². The van der Waals surface area contributed by atoms with Gasteiger partial charge in [0.25, 0.3) is 0 Å². The average Bonchev–Trinajstić information content (AvgIpc) is 2.97. The predicted octanol–water partition coefficient (Wildman–Crippen LogP) is 2.77. The Hall–Kier alpha value is -2.76. The van der Waals surface area contributed by atoms with Crippen LogP contribution in [0.25, 0.3) is 0 Å². The standard InChI is InChI=1S/C18H18FNO4/c1-12(2)24-18(23)17(22)10-16(21)15-4-3-9-20(15)11-13-5-7-14(19)8-6-13/h3-9,12H,10-11H2,1-2H3. The third-order valence-corrected chi connectivity index (χ3v) is 3.27. The van der Waals surface area contributed by atoms with Crippen molar-refractivity contribution in [3.05, 3.63) is 59.7 Å². The average molecular weight is 331 g/mol. The van der Waals surface area contributed by atoms with Crippen LogP contribution in [0, 0.1) is 5.82 Å². The van der Waals surface area contributed by atoms with E-state index < -0.39 is 30.1 Å². The molecule has 0 bridgehead atoms. The normalized spacial score (nSPS) is 10.7. The smallest absolute Gasteiger partial charge is 0.375 e. The van der Waals surface area contributed by atoms with Gasteiger partial charge < -0.3 is 9.30 Å². The van der Waals surface area contributed by atoms with Crippen molar-refractivity contribution in [1.29, 1.82) is 0 Å². The van der Waals surface area contributed by atoms with Crippen LogP contribution in [-0.4, -0.2) is 28.2 Å². The molecule has 126 valence electrons. The quantitative estimate of drug-likeness (QED) is 0.339. The third kappa shape index (κ3) is 4.62. The summed E-state index contributed by atoms with van der Waals surface area (Å²) in [6, 6.07) is 9.17. The molecule has 24 heavy (non-hydrogen) atoms. The van der Waals surface area contributed by atoms with E-state index in [-0.39, 0.29) is 5.82 Å². The fraction of sp³-hybridized carbons (Fsp3) is 0.278. The molecule has 0 aliphatic carbocycles. The van der Waals surface area contributed by atoms with Crippen LogP contribution in [0.2, 0.25) is 0 Å². The number of halogens is 1. The fourth-order valence-electron chi connectivity index (χ4n) is 2.18. The minimum Gasteiger partial charge on any atom is -0.457 e. The Morgan fingerprint density at radius 2 is 1.79 bits per heavy atom. The molecule has 1 aromatic heterocycles. The zero-order chi connectivity index (χ0) is 17.7. The van der Waals surface area contributed by atoms with Crippen molar-refractivity contribution in [2.24, 2.45) is 0 Å². The van der Waals surface area contributed by atoms with E-state index in [1.165, 1.54) is 12.1 Å². The molecular weight excluding hydrogens is 313 g/mol. The second-order valence-electron chi connectivity index (χ2n) is 5.62. The van der Waals surface area contributed by atoms with Crippen LogP contribution in [0.5, 0.6) is 0 Å². The number of hydrogen-bond acceptors (Lipinski definition) is 4. The molecule has 1 heterocycles. The summed E-state index contributed by atoms with van der Waals surface area (Å²) in [6.07, 6.45) is 0.728. The first-order valence-electron chi connectivity index (χ1n) is 7.53. The number of ether oxygens (including phenoxy) is 1. The maximum Gasteiger partial charge on any atom is 0.375 e. The van der Waals surface area contributed by atoms with E-state index in [2.05, 4.69) is 0 Å². The van der Waals surface area contributed by atoms with Gasteiger partial charge in [-0.2, -0.15) is 0 Å². The molecule has 2 rings (SSSR count). The second-order valence-corrected chi connectivity index (χ2v) is 5.62. The highest BCUT2D eigenvalue weighted by Crippen LogP contribution is 2.11. The minimum absolute atomic E-state index is 0.310. The minimum atomic E-state index is -1.00. The van der Waals surface area contributed by atoms with Crippen LogP contribution < -0.4 is 0 Å². The number of Topliss-reactive ketones (excluding diaryl/α,β-unsaturated/α-hetero) is 2. The number of hydrogen-bond donors (Lipinski definition) is 0. The maximum absolute atomic E-state index is 12.9. The van der Waals surface area contributed by atoms with E-state index in [0.717, 1.165) is 5.56 Å². The summed E-state index contributed by atoms with van der Waals surface area (Å²) in [5, 5.41) is 0. The van der Waals surface area contributed by atoms with E-state index in [1.54, 1.807) is 48.9 Å². The number of carbonyl (C=O) groups excluding carboxylic acids is 3. The largest absolute Gasteiger partial charge is 0.457 e. The molecule has 0 fully saturated rings. The van der Waals surface area contributed by atoms with Crippen molar-refractivity contribution in [2.45, 2.75) is 32.9 Å². The summed E-state index contributed by atoms with van der Waals surface area (Å²) in [7, 11) is 0. The van der Waals surface area contributed by atoms with Crippen molar-refractivity contribution in [2.75, 3.05) is 0 Å². The maximum atomic E-state index is 12.9. The molecule has 5 nitrogen and oxygen atoms in total. The second kappa shape index (κ2) is 7.68. The summed E-state index contributed by atoms with van der Waals surface area (Å²) in [6.45, 7) is 3.61. The Balaban J connectivity index is 2.06. The number of carbonyl (C=O) groups is 3. The monoisotopic (exact) mass is 331 g/mol. The van der Waals surface area contributed by atoms with E-state index in [0.29, 0.717) is 12.2 Å². The molecule has 0 spiro atoms.